The Bertz CT molecular complexity index is 694. The molecule has 0 aromatic carbocycles. The van der Waals surface area contributed by atoms with E-state index in [2.05, 4.69) is 15.5 Å². The van der Waals surface area contributed by atoms with Gasteiger partial charge in [0.15, 0.2) is 0 Å². The molecule has 1 aliphatic heterocycles. The second kappa shape index (κ2) is 10.3. The van der Waals surface area contributed by atoms with E-state index < -0.39 is 0 Å². The third kappa shape index (κ3) is 5.94. The van der Waals surface area contributed by atoms with Gasteiger partial charge in [0.25, 0.3) is 5.91 Å². The van der Waals surface area contributed by atoms with Crippen LogP contribution in [0.5, 0.6) is 0 Å². The van der Waals surface area contributed by atoms with Crippen molar-refractivity contribution in [2.24, 2.45) is 0 Å². The van der Waals surface area contributed by atoms with Crippen molar-refractivity contribution in [2.75, 3.05) is 26.2 Å². The molecule has 2 aromatic rings. The summed E-state index contributed by atoms with van der Waals surface area (Å²) in [6, 6.07) is 5.75. The predicted octanol–water partition coefficient (Wildman–Crippen LogP) is 3.19. The fourth-order valence-corrected chi connectivity index (χ4v) is 4.00. The van der Waals surface area contributed by atoms with Crippen molar-refractivity contribution in [3.8, 4) is 0 Å². The molecule has 0 radical (unpaired) electrons. The van der Waals surface area contributed by atoms with Crippen molar-refractivity contribution >= 4 is 23.2 Å². The van der Waals surface area contributed by atoms with E-state index in [4.69, 9.17) is 4.42 Å². The van der Waals surface area contributed by atoms with Gasteiger partial charge in [-0.25, -0.2) is 0 Å². The van der Waals surface area contributed by atoms with Crippen LogP contribution in [0.1, 0.15) is 54.3 Å². The van der Waals surface area contributed by atoms with Gasteiger partial charge in [-0.3, -0.25) is 14.5 Å². The molecule has 1 fully saturated rings. The first-order valence-electron chi connectivity index (χ1n) is 9.58. The van der Waals surface area contributed by atoms with E-state index >= 15 is 0 Å². The van der Waals surface area contributed by atoms with Crippen molar-refractivity contribution in [2.45, 2.75) is 38.1 Å². The van der Waals surface area contributed by atoms with Gasteiger partial charge in [-0.05, 0) is 55.9 Å². The first kappa shape index (κ1) is 19.6. The van der Waals surface area contributed by atoms with Crippen LogP contribution in [0.2, 0.25) is 0 Å². The summed E-state index contributed by atoms with van der Waals surface area (Å²) in [5.74, 6) is 0.827. The standard InChI is InChI=1S/C20H27N3O3S/c24-19(7-4-9-21-20(25)16-8-13-27-15-16)22-14-17(18-6-5-12-26-18)23-10-2-1-3-11-23/h5-6,8,12-13,15,17H,1-4,7,9-11,14H2,(H,21,25)(H,22,24). The molecule has 1 atom stereocenters. The van der Waals surface area contributed by atoms with Crippen molar-refractivity contribution in [3.05, 3.63) is 46.5 Å². The normalized spacial score (nSPS) is 16.0. The van der Waals surface area contributed by atoms with Gasteiger partial charge in [0, 0.05) is 30.5 Å². The Kier molecular flexibility index (Phi) is 7.47. The molecule has 1 saturated heterocycles. The van der Waals surface area contributed by atoms with E-state index in [0.29, 0.717) is 31.5 Å². The quantitative estimate of drug-likeness (QED) is 0.646. The van der Waals surface area contributed by atoms with E-state index in [0.717, 1.165) is 18.8 Å². The molecule has 2 N–H and O–H groups in total. The number of carbonyl (C=O) groups excluding carboxylic acids is 2. The van der Waals surface area contributed by atoms with Gasteiger partial charge in [0.2, 0.25) is 5.91 Å². The van der Waals surface area contributed by atoms with E-state index in [-0.39, 0.29) is 17.9 Å². The van der Waals surface area contributed by atoms with Crippen LogP contribution in [0.15, 0.2) is 39.6 Å². The van der Waals surface area contributed by atoms with Crippen molar-refractivity contribution < 1.29 is 14.0 Å². The third-order valence-electron chi connectivity index (χ3n) is 4.85. The lowest BCUT2D eigenvalue weighted by molar-refractivity contribution is -0.121. The molecule has 0 aliphatic carbocycles. The Balaban J connectivity index is 1.39. The molecule has 6 nitrogen and oxygen atoms in total. The SMILES string of the molecule is O=C(CCCNC(=O)c1ccsc1)NCC(c1ccco1)N1CCCCC1. The number of furan rings is 1. The molecule has 2 amide bonds. The van der Waals surface area contributed by atoms with Crippen molar-refractivity contribution in [3.63, 3.8) is 0 Å². The molecule has 0 saturated carbocycles. The Morgan fingerprint density at radius 3 is 2.74 bits per heavy atom. The van der Waals surface area contributed by atoms with Crippen LogP contribution in [0.25, 0.3) is 0 Å². The zero-order chi connectivity index (χ0) is 18.9. The summed E-state index contributed by atoms with van der Waals surface area (Å²) < 4.78 is 5.60. The summed E-state index contributed by atoms with van der Waals surface area (Å²) in [7, 11) is 0. The van der Waals surface area contributed by atoms with Crippen LogP contribution >= 0.6 is 11.3 Å². The maximum atomic E-state index is 12.2. The summed E-state index contributed by atoms with van der Waals surface area (Å²) in [4.78, 5) is 26.4. The molecule has 146 valence electrons. The third-order valence-corrected chi connectivity index (χ3v) is 5.53. The molecule has 27 heavy (non-hydrogen) atoms. The molecule has 7 heteroatoms. The van der Waals surface area contributed by atoms with E-state index in [1.54, 1.807) is 12.3 Å². The van der Waals surface area contributed by atoms with Gasteiger partial charge < -0.3 is 15.1 Å². The first-order chi connectivity index (χ1) is 13.2. The monoisotopic (exact) mass is 389 g/mol. The van der Waals surface area contributed by atoms with Crippen LogP contribution in [0.4, 0.5) is 0 Å². The van der Waals surface area contributed by atoms with Gasteiger partial charge in [0.1, 0.15) is 5.76 Å². The number of hydrogen-bond acceptors (Lipinski definition) is 5. The number of thiophene rings is 1. The highest BCUT2D eigenvalue weighted by molar-refractivity contribution is 7.08. The molecular weight excluding hydrogens is 362 g/mol. The molecule has 2 aromatic heterocycles. The fourth-order valence-electron chi connectivity index (χ4n) is 3.37. The van der Waals surface area contributed by atoms with Gasteiger partial charge in [-0.2, -0.15) is 11.3 Å². The molecule has 0 spiro atoms. The van der Waals surface area contributed by atoms with Gasteiger partial charge >= 0.3 is 0 Å². The first-order valence-corrected chi connectivity index (χ1v) is 10.5. The highest BCUT2D eigenvalue weighted by Crippen LogP contribution is 2.24. The van der Waals surface area contributed by atoms with Crippen LogP contribution in [0, 0.1) is 0 Å². The number of nitrogens with one attached hydrogen (secondary N) is 2. The zero-order valence-corrected chi connectivity index (χ0v) is 16.3. The highest BCUT2D eigenvalue weighted by Gasteiger charge is 2.24. The smallest absolute Gasteiger partial charge is 0.252 e. The van der Waals surface area contributed by atoms with Crippen LogP contribution in [0.3, 0.4) is 0 Å². The molecule has 1 unspecified atom stereocenters. The number of hydrogen-bond donors (Lipinski definition) is 2. The average molecular weight is 390 g/mol. The Labute approximate surface area is 163 Å². The topological polar surface area (TPSA) is 74.6 Å². The van der Waals surface area contributed by atoms with Gasteiger partial charge in [-0.15, -0.1) is 0 Å². The maximum absolute atomic E-state index is 12.2. The summed E-state index contributed by atoms with van der Waals surface area (Å²) in [5, 5.41) is 9.57. The van der Waals surface area contributed by atoms with Crippen LogP contribution in [-0.2, 0) is 4.79 Å². The summed E-state index contributed by atoms with van der Waals surface area (Å²) in [6.07, 6.45) is 6.35. The number of piperidine rings is 1. The fraction of sp³-hybridized carbons (Fsp3) is 0.500. The van der Waals surface area contributed by atoms with Gasteiger partial charge in [0.05, 0.1) is 12.3 Å². The molecule has 0 bridgehead atoms. The van der Waals surface area contributed by atoms with E-state index in [9.17, 15) is 9.59 Å². The lowest BCUT2D eigenvalue weighted by atomic mass is 10.1. The highest BCUT2D eigenvalue weighted by atomic mass is 32.1. The number of likely N-dealkylation sites (tertiary alicyclic amines) is 1. The average Bonchev–Trinajstić information content (AvgIpc) is 3.40. The largest absolute Gasteiger partial charge is 0.468 e. The maximum Gasteiger partial charge on any atom is 0.252 e. The molecular formula is C20H27N3O3S. The number of nitrogens with zero attached hydrogens (tertiary/aromatic N) is 1. The molecule has 3 heterocycles. The number of rotatable bonds is 9. The van der Waals surface area contributed by atoms with Crippen LogP contribution < -0.4 is 10.6 Å². The predicted molar refractivity (Wildman–Crippen MR) is 106 cm³/mol. The lowest BCUT2D eigenvalue weighted by Gasteiger charge is -2.33. The minimum atomic E-state index is -0.0837. The summed E-state index contributed by atoms with van der Waals surface area (Å²) in [6.45, 7) is 3.12. The van der Waals surface area contributed by atoms with Crippen molar-refractivity contribution in [1.29, 1.82) is 0 Å². The minimum absolute atomic E-state index is 0.00773. The molecule has 3 rings (SSSR count). The molecule has 1 aliphatic rings. The second-order valence-corrected chi connectivity index (χ2v) is 7.58. The second-order valence-electron chi connectivity index (χ2n) is 6.80. The lowest BCUT2D eigenvalue weighted by Crippen LogP contribution is -2.40. The van der Waals surface area contributed by atoms with Crippen molar-refractivity contribution in [1.82, 2.24) is 15.5 Å². The Morgan fingerprint density at radius 1 is 1.19 bits per heavy atom. The number of amides is 2. The van der Waals surface area contributed by atoms with Crippen LogP contribution in [-0.4, -0.2) is 42.9 Å². The van der Waals surface area contributed by atoms with E-state index in [1.807, 2.05) is 22.9 Å². The van der Waals surface area contributed by atoms with Gasteiger partial charge in [-0.1, -0.05) is 6.42 Å². The summed E-state index contributed by atoms with van der Waals surface area (Å²) in [5.41, 5.74) is 0.673. The Hall–Kier alpha value is -2.12. The number of carbonyl (C=O) groups is 2. The summed E-state index contributed by atoms with van der Waals surface area (Å²) >= 11 is 1.50. The Morgan fingerprint density at radius 2 is 2.04 bits per heavy atom. The zero-order valence-electron chi connectivity index (χ0n) is 15.5. The van der Waals surface area contributed by atoms with E-state index in [1.165, 1.54) is 30.6 Å². The minimum Gasteiger partial charge on any atom is -0.468 e.